The fraction of sp³-hybridized carbons (Fsp3) is 0.375. The molecule has 2 aromatic rings. The lowest BCUT2D eigenvalue weighted by atomic mass is 9.98. The summed E-state index contributed by atoms with van der Waals surface area (Å²) in [4.78, 5) is 35.8. The minimum absolute atomic E-state index is 0.0451. The Bertz CT molecular complexity index is 1010. The number of amides is 2. The molecule has 1 atom stereocenters. The predicted octanol–water partition coefficient (Wildman–Crippen LogP) is 4.17. The molecule has 2 N–H and O–H groups in total. The van der Waals surface area contributed by atoms with Crippen LogP contribution in [-0.4, -0.2) is 59.9 Å². The number of halogens is 3. The van der Waals surface area contributed by atoms with E-state index in [4.69, 9.17) is 9.84 Å². The van der Waals surface area contributed by atoms with Gasteiger partial charge in [-0.3, -0.25) is 9.59 Å². The summed E-state index contributed by atoms with van der Waals surface area (Å²) in [5.74, 6) is -2.75. The summed E-state index contributed by atoms with van der Waals surface area (Å²) in [6, 6.07) is 14.8. The van der Waals surface area contributed by atoms with Crippen molar-refractivity contribution >= 4 is 18.0 Å². The first-order chi connectivity index (χ1) is 16.1. The lowest BCUT2D eigenvalue weighted by molar-refractivity contribution is -0.166. The monoisotopic (exact) mass is 478 g/mol. The third-order valence-corrected chi connectivity index (χ3v) is 5.63. The average molecular weight is 478 g/mol. The van der Waals surface area contributed by atoms with Crippen LogP contribution >= 0.6 is 0 Å². The highest BCUT2D eigenvalue weighted by Crippen LogP contribution is 2.44. The van der Waals surface area contributed by atoms with Gasteiger partial charge in [0.25, 0.3) is 0 Å². The number of nitrogens with one attached hydrogen (secondary N) is 1. The Balaban J connectivity index is 1.60. The molecule has 3 rings (SSSR count). The molecule has 2 amide bonds. The Morgan fingerprint density at radius 1 is 1.06 bits per heavy atom. The van der Waals surface area contributed by atoms with Gasteiger partial charge in [-0.15, -0.1) is 0 Å². The van der Waals surface area contributed by atoms with Gasteiger partial charge < -0.3 is 20.1 Å². The number of hydrogen-bond donors (Lipinski definition) is 2. The van der Waals surface area contributed by atoms with Gasteiger partial charge in [0.1, 0.15) is 19.7 Å². The highest BCUT2D eigenvalue weighted by molar-refractivity contribution is 5.82. The standard InChI is InChI=1S/C24H25F3N2O5/c1-2-15(11-21(30)29(12-22(31)32)14-24(25,26)27)28-23(33)34-13-20-18-9-5-3-7-16(18)17-8-4-6-10-19(17)20/h3-10,15,20H,2,11-14H2,1H3,(H,28,33)(H,31,32)/t15-/m0/s1. The van der Waals surface area contributed by atoms with Gasteiger partial charge in [0.05, 0.1) is 0 Å². The number of benzene rings is 2. The zero-order chi connectivity index (χ0) is 24.9. The van der Waals surface area contributed by atoms with Crippen LogP contribution in [0.1, 0.15) is 36.8 Å². The number of carboxylic acid groups (broad SMARTS) is 1. The molecule has 0 saturated heterocycles. The maximum absolute atomic E-state index is 12.7. The van der Waals surface area contributed by atoms with E-state index < -0.39 is 49.7 Å². The van der Waals surface area contributed by atoms with Gasteiger partial charge in [-0.25, -0.2) is 4.79 Å². The number of aliphatic carboxylic acids is 1. The number of nitrogens with zero attached hydrogens (tertiary/aromatic N) is 1. The molecule has 0 saturated carbocycles. The van der Waals surface area contributed by atoms with Crippen LogP contribution in [0.15, 0.2) is 48.5 Å². The molecular weight excluding hydrogens is 453 g/mol. The highest BCUT2D eigenvalue weighted by Gasteiger charge is 2.35. The number of carbonyl (C=O) groups excluding carboxylic acids is 2. The Labute approximate surface area is 194 Å². The van der Waals surface area contributed by atoms with Gasteiger partial charge in [0, 0.05) is 18.4 Å². The minimum atomic E-state index is -4.74. The van der Waals surface area contributed by atoms with Crippen LogP contribution in [0.4, 0.5) is 18.0 Å². The molecular formula is C24H25F3N2O5. The van der Waals surface area contributed by atoms with Crippen molar-refractivity contribution < 1.29 is 37.4 Å². The summed E-state index contributed by atoms with van der Waals surface area (Å²) in [7, 11) is 0. The van der Waals surface area contributed by atoms with Gasteiger partial charge in [-0.1, -0.05) is 55.5 Å². The molecule has 0 bridgehead atoms. The van der Waals surface area contributed by atoms with Crippen molar-refractivity contribution in [3.8, 4) is 11.1 Å². The van der Waals surface area contributed by atoms with Gasteiger partial charge in [0.2, 0.25) is 5.91 Å². The Kier molecular flexibility index (Phi) is 7.80. The zero-order valence-electron chi connectivity index (χ0n) is 18.5. The Morgan fingerprint density at radius 3 is 2.12 bits per heavy atom. The smallest absolute Gasteiger partial charge is 0.407 e. The quantitative estimate of drug-likeness (QED) is 0.564. The second kappa shape index (κ2) is 10.6. The second-order valence-corrected chi connectivity index (χ2v) is 8.04. The fourth-order valence-electron chi connectivity index (χ4n) is 4.06. The van der Waals surface area contributed by atoms with E-state index >= 15 is 0 Å². The molecule has 1 aliphatic rings. The zero-order valence-corrected chi connectivity index (χ0v) is 18.5. The number of carboxylic acids is 1. The topological polar surface area (TPSA) is 95.9 Å². The number of hydrogen-bond acceptors (Lipinski definition) is 4. The van der Waals surface area contributed by atoms with Crippen LogP contribution in [0.3, 0.4) is 0 Å². The first kappa shape index (κ1) is 25.1. The molecule has 0 heterocycles. The molecule has 0 unspecified atom stereocenters. The molecule has 0 spiro atoms. The maximum Gasteiger partial charge on any atom is 0.407 e. The third-order valence-electron chi connectivity index (χ3n) is 5.63. The largest absolute Gasteiger partial charge is 0.480 e. The van der Waals surface area contributed by atoms with Crippen LogP contribution in [0.5, 0.6) is 0 Å². The normalized spacial score (nSPS) is 13.5. The van der Waals surface area contributed by atoms with Crippen molar-refractivity contribution in [1.82, 2.24) is 10.2 Å². The predicted molar refractivity (Wildman–Crippen MR) is 117 cm³/mol. The van der Waals surface area contributed by atoms with Crippen LogP contribution in [0.2, 0.25) is 0 Å². The Hall–Kier alpha value is -3.56. The van der Waals surface area contributed by atoms with Gasteiger partial charge in [0.15, 0.2) is 0 Å². The molecule has 0 radical (unpaired) electrons. The van der Waals surface area contributed by atoms with E-state index in [1.807, 2.05) is 48.5 Å². The van der Waals surface area contributed by atoms with Crippen molar-refractivity contribution in [2.75, 3.05) is 19.7 Å². The fourth-order valence-corrected chi connectivity index (χ4v) is 4.06. The van der Waals surface area contributed by atoms with E-state index in [-0.39, 0.29) is 23.8 Å². The minimum Gasteiger partial charge on any atom is -0.480 e. The van der Waals surface area contributed by atoms with Gasteiger partial charge >= 0.3 is 18.2 Å². The number of alkyl halides is 3. The van der Waals surface area contributed by atoms with Crippen LogP contribution in [-0.2, 0) is 14.3 Å². The molecule has 10 heteroatoms. The van der Waals surface area contributed by atoms with E-state index in [1.165, 1.54) is 0 Å². The summed E-state index contributed by atoms with van der Waals surface area (Å²) in [6.45, 7) is -1.07. The van der Waals surface area contributed by atoms with E-state index in [0.29, 0.717) is 0 Å². The summed E-state index contributed by atoms with van der Waals surface area (Å²) in [6.07, 6.45) is -5.79. The van der Waals surface area contributed by atoms with Crippen molar-refractivity contribution in [2.24, 2.45) is 0 Å². The van der Waals surface area contributed by atoms with E-state index in [9.17, 15) is 27.6 Å². The number of carbonyl (C=O) groups is 3. The molecule has 0 fully saturated rings. The van der Waals surface area contributed by atoms with E-state index in [0.717, 1.165) is 22.3 Å². The van der Waals surface area contributed by atoms with E-state index in [2.05, 4.69) is 5.32 Å². The molecule has 2 aromatic carbocycles. The highest BCUT2D eigenvalue weighted by atomic mass is 19.4. The van der Waals surface area contributed by atoms with Crippen LogP contribution < -0.4 is 5.32 Å². The molecule has 0 aliphatic heterocycles. The number of alkyl carbamates (subject to hydrolysis) is 1. The third kappa shape index (κ3) is 6.27. The van der Waals surface area contributed by atoms with Gasteiger partial charge in [-0.05, 0) is 28.7 Å². The maximum atomic E-state index is 12.7. The second-order valence-electron chi connectivity index (χ2n) is 8.04. The molecule has 0 aromatic heterocycles. The summed E-state index contributed by atoms with van der Waals surface area (Å²) >= 11 is 0. The number of fused-ring (bicyclic) bond motifs is 3. The lowest BCUT2D eigenvalue weighted by Crippen LogP contribution is -2.45. The van der Waals surface area contributed by atoms with Gasteiger partial charge in [-0.2, -0.15) is 13.2 Å². The lowest BCUT2D eigenvalue weighted by Gasteiger charge is -2.25. The summed E-state index contributed by atoms with van der Waals surface area (Å²) in [5.41, 5.74) is 4.17. The molecule has 34 heavy (non-hydrogen) atoms. The molecule has 182 valence electrons. The molecule has 1 aliphatic carbocycles. The first-order valence-corrected chi connectivity index (χ1v) is 10.8. The summed E-state index contributed by atoms with van der Waals surface area (Å²) < 4.78 is 43.6. The number of ether oxygens (including phenoxy) is 1. The van der Waals surface area contributed by atoms with Crippen molar-refractivity contribution in [2.45, 2.75) is 37.9 Å². The summed E-state index contributed by atoms with van der Waals surface area (Å²) in [5, 5.41) is 11.3. The first-order valence-electron chi connectivity index (χ1n) is 10.8. The molecule has 7 nitrogen and oxygen atoms in total. The van der Waals surface area contributed by atoms with Crippen LogP contribution in [0, 0.1) is 0 Å². The van der Waals surface area contributed by atoms with Crippen molar-refractivity contribution in [3.05, 3.63) is 59.7 Å². The SMILES string of the molecule is CC[C@@H](CC(=O)N(CC(=O)O)CC(F)(F)F)NC(=O)OCC1c2ccccc2-c2ccccc21. The van der Waals surface area contributed by atoms with Crippen molar-refractivity contribution in [3.63, 3.8) is 0 Å². The van der Waals surface area contributed by atoms with Crippen LogP contribution in [0.25, 0.3) is 11.1 Å². The van der Waals surface area contributed by atoms with Crippen molar-refractivity contribution in [1.29, 1.82) is 0 Å². The Morgan fingerprint density at radius 2 is 1.62 bits per heavy atom. The van der Waals surface area contributed by atoms with E-state index in [1.54, 1.807) is 6.92 Å². The number of rotatable bonds is 9. The average Bonchev–Trinajstić information content (AvgIpc) is 3.09.